The summed E-state index contributed by atoms with van der Waals surface area (Å²) in [6.45, 7) is 2.68. The number of hydrogen-bond donors (Lipinski definition) is 0. The van der Waals surface area contributed by atoms with Gasteiger partial charge in [-0.15, -0.1) is 0 Å². The van der Waals surface area contributed by atoms with Crippen LogP contribution in [0.5, 0.6) is 5.75 Å². The molecule has 226 valence electrons. The molecule has 4 nitrogen and oxygen atoms in total. The van der Waals surface area contributed by atoms with E-state index in [1.807, 2.05) is 13.8 Å². The Kier molecular flexibility index (Phi) is 8.18. The van der Waals surface area contributed by atoms with Crippen molar-refractivity contribution in [1.82, 2.24) is 4.90 Å². The smallest absolute Gasteiger partial charge is 0.416 e. The van der Waals surface area contributed by atoms with Gasteiger partial charge in [-0.05, 0) is 65.1 Å². The van der Waals surface area contributed by atoms with Gasteiger partial charge >= 0.3 is 24.6 Å². The largest absolute Gasteiger partial charge is 0.496 e. The molecule has 0 spiro atoms. The molecule has 1 unspecified atom stereocenters. The molecule has 1 fully saturated rings. The molecule has 3 aromatic rings. The first-order chi connectivity index (χ1) is 19.4. The van der Waals surface area contributed by atoms with Crippen LogP contribution in [0.3, 0.4) is 0 Å². The second-order valence-corrected chi connectivity index (χ2v) is 10.1. The summed E-state index contributed by atoms with van der Waals surface area (Å²) in [6, 6.07) is 8.96. The van der Waals surface area contributed by atoms with Crippen LogP contribution < -0.4 is 4.74 Å². The average Bonchev–Trinajstić information content (AvgIpc) is 3.25. The van der Waals surface area contributed by atoms with Crippen molar-refractivity contribution in [3.8, 4) is 16.9 Å². The van der Waals surface area contributed by atoms with E-state index in [9.17, 15) is 44.3 Å². The van der Waals surface area contributed by atoms with Crippen molar-refractivity contribution >= 4 is 6.09 Å². The normalized spacial score (nSPS) is 16.3. The highest BCUT2D eigenvalue weighted by atomic mass is 19.4. The van der Waals surface area contributed by atoms with Gasteiger partial charge in [-0.1, -0.05) is 26.0 Å². The Hall–Kier alpha value is -3.90. The predicted octanol–water partition coefficient (Wildman–Crippen LogP) is 9.24. The molecule has 0 radical (unpaired) electrons. The van der Waals surface area contributed by atoms with E-state index in [0.29, 0.717) is 23.4 Å². The van der Waals surface area contributed by atoms with E-state index in [-0.39, 0.29) is 23.1 Å². The number of cyclic esters (lactones) is 1. The third-order valence-corrected chi connectivity index (χ3v) is 6.81. The molecule has 13 heteroatoms. The Labute approximate surface area is 234 Å². The third-order valence-electron chi connectivity index (χ3n) is 6.81. The fraction of sp³-hybridized carbons (Fsp3) is 0.345. The van der Waals surface area contributed by atoms with Crippen molar-refractivity contribution in [1.29, 1.82) is 0 Å². The van der Waals surface area contributed by atoms with Crippen molar-refractivity contribution < 1.29 is 53.8 Å². The van der Waals surface area contributed by atoms with Gasteiger partial charge < -0.3 is 9.47 Å². The Morgan fingerprint density at radius 1 is 0.810 bits per heavy atom. The van der Waals surface area contributed by atoms with Crippen LogP contribution in [0.2, 0.25) is 0 Å². The molecule has 3 aromatic carbocycles. The van der Waals surface area contributed by atoms with Gasteiger partial charge in [-0.25, -0.2) is 4.79 Å². The molecule has 0 aliphatic carbocycles. The number of ether oxygens (including phenoxy) is 2. The Morgan fingerprint density at radius 2 is 1.40 bits per heavy atom. The van der Waals surface area contributed by atoms with Crippen molar-refractivity contribution in [3.05, 3.63) is 88.0 Å². The number of halogens is 9. The summed E-state index contributed by atoms with van der Waals surface area (Å²) in [7, 11) is 1.37. The van der Waals surface area contributed by atoms with E-state index in [4.69, 9.17) is 9.47 Å². The average molecular weight is 605 g/mol. The van der Waals surface area contributed by atoms with Crippen molar-refractivity contribution in [2.24, 2.45) is 0 Å². The Morgan fingerprint density at radius 3 is 1.93 bits per heavy atom. The number of rotatable bonds is 6. The van der Waals surface area contributed by atoms with Gasteiger partial charge in [-0.2, -0.15) is 39.5 Å². The number of amides is 1. The van der Waals surface area contributed by atoms with Gasteiger partial charge in [0.1, 0.15) is 11.9 Å². The van der Waals surface area contributed by atoms with Gasteiger partial charge in [0, 0.05) is 17.7 Å². The second-order valence-electron chi connectivity index (χ2n) is 10.1. The van der Waals surface area contributed by atoms with Gasteiger partial charge in [0.05, 0.1) is 30.3 Å². The van der Waals surface area contributed by atoms with E-state index in [0.717, 1.165) is 22.6 Å². The fourth-order valence-corrected chi connectivity index (χ4v) is 4.68. The predicted molar refractivity (Wildman–Crippen MR) is 134 cm³/mol. The summed E-state index contributed by atoms with van der Waals surface area (Å²) in [6.07, 6.45) is -17.4. The number of hydrogen-bond acceptors (Lipinski definition) is 3. The van der Waals surface area contributed by atoms with E-state index in [2.05, 4.69) is 0 Å². The quantitative estimate of drug-likeness (QED) is 0.263. The minimum atomic E-state index is -5.10. The molecule has 0 aromatic heterocycles. The minimum absolute atomic E-state index is 0.0395. The monoisotopic (exact) mass is 605 g/mol. The standard InChI is InChI=1S/C29H24F9NO3/c1-15(2)17-4-7-24(41-3)22(10-17)21-6-5-18(27(30,31)32)12-23(21)25-14-39(26(40)42-25)13-16-8-19(28(33,34)35)11-20(9-16)29(36,37)38/h4-12,15,25H,13-14H2,1-3H3. The lowest BCUT2D eigenvalue weighted by atomic mass is 9.90. The highest BCUT2D eigenvalue weighted by Gasteiger charge is 2.40. The van der Waals surface area contributed by atoms with E-state index >= 15 is 0 Å². The molecule has 1 atom stereocenters. The van der Waals surface area contributed by atoms with Crippen molar-refractivity contribution in [3.63, 3.8) is 0 Å². The number of methoxy groups -OCH3 is 1. The van der Waals surface area contributed by atoms with Crippen LogP contribution in [0.1, 0.15) is 59.3 Å². The first-order valence-corrected chi connectivity index (χ1v) is 12.5. The molecule has 4 rings (SSSR count). The first kappa shape index (κ1) is 31.0. The van der Waals surface area contributed by atoms with Gasteiger partial charge in [0.15, 0.2) is 0 Å². The van der Waals surface area contributed by atoms with Crippen LogP contribution in [0.25, 0.3) is 11.1 Å². The topological polar surface area (TPSA) is 38.8 Å². The van der Waals surface area contributed by atoms with E-state index < -0.39 is 66.1 Å². The fourth-order valence-electron chi connectivity index (χ4n) is 4.68. The van der Waals surface area contributed by atoms with Gasteiger partial charge in [-0.3, -0.25) is 4.90 Å². The summed E-state index contributed by atoms with van der Waals surface area (Å²) in [5.74, 6) is 0.367. The highest BCUT2D eigenvalue weighted by molar-refractivity contribution is 5.77. The molecule has 1 aliphatic heterocycles. The lowest BCUT2D eigenvalue weighted by molar-refractivity contribution is -0.143. The SMILES string of the molecule is COc1ccc(C(C)C)cc1-c1ccc(C(F)(F)F)cc1C1CN(Cc2cc(C(F)(F)F)cc(C(F)(F)F)c2)C(=O)O1. The van der Waals surface area contributed by atoms with Crippen molar-refractivity contribution in [2.75, 3.05) is 13.7 Å². The minimum Gasteiger partial charge on any atom is -0.496 e. The molecule has 42 heavy (non-hydrogen) atoms. The zero-order valence-electron chi connectivity index (χ0n) is 22.3. The summed E-state index contributed by atoms with van der Waals surface area (Å²) in [5, 5.41) is 0. The van der Waals surface area contributed by atoms with Crippen LogP contribution in [-0.2, 0) is 29.8 Å². The molecular formula is C29H24F9NO3. The number of carbonyl (C=O) groups excluding carboxylic acids is 1. The maximum Gasteiger partial charge on any atom is 0.416 e. The maximum absolute atomic E-state index is 13.7. The summed E-state index contributed by atoms with van der Waals surface area (Å²) in [5.41, 5.74) is -3.20. The van der Waals surface area contributed by atoms with Gasteiger partial charge in [0.25, 0.3) is 0 Å². The number of benzene rings is 3. The molecule has 0 saturated carbocycles. The van der Waals surface area contributed by atoms with E-state index in [1.54, 1.807) is 18.2 Å². The second kappa shape index (κ2) is 11.1. The third kappa shape index (κ3) is 6.60. The lowest BCUT2D eigenvalue weighted by Crippen LogP contribution is -2.24. The molecule has 1 heterocycles. The summed E-state index contributed by atoms with van der Waals surface area (Å²) in [4.78, 5) is 13.6. The maximum atomic E-state index is 13.7. The van der Waals surface area contributed by atoms with Crippen LogP contribution in [0.15, 0.2) is 54.6 Å². The highest BCUT2D eigenvalue weighted by Crippen LogP contribution is 2.43. The van der Waals surface area contributed by atoms with Crippen LogP contribution in [0.4, 0.5) is 44.3 Å². The van der Waals surface area contributed by atoms with Crippen molar-refractivity contribution in [2.45, 2.75) is 50.9 Å². The number of nitrogens with zero attached hydrogens (tertiary/aromatic N) is 1. The van der Waals surface area contributed by atoms with Crippen LogP contribution >= 0.6 is 0 Å². The zero-order valence-corrected chi connectivity index (χ0v) is 22.3. The van der Waals surface area contributed by atoms with E-state index in [1.165, 1.54) is 13.2 Å². The number of alkyl halides is 9. The lowest BCUT2D eigenvalue weighted by Gasteiger charge is -2.20. The Balaban J connectivity index is 1.76. The molecule has 0 bridgehead atoms. The summed E-state index contributed by atoms with van der Waals surface area (Å²) >= 11 is 0. The molecule has 1 aliphatic rings. The Bertz CT molecular complexity index is 1440. The van der Waals surface area contributed by atoms with Crippen LogP contribution in [0, 0.1) is 0 Å². The number of carbonyl (C=O) groups is 1. The first-order valence-electron chi connectivity index (χ1n) is 12.5. The molecule has 0 N–H and O–H groups in total. The molecule has 1 amide bonds. The zero-order chi connectivity index (χ0) is 31.2. The summed E-state index contributed by atoms with van der Waals surface area (Å²) < 4.78 is 132. The molecule has 1 saturated heterocycles. The van der Waals surface area contributed by atoms with Crippen LogP contribution in [-0.4, -0.2) is 24.6 Å². The van der Waals surface area contributed by atoms with Gasteiger partial charge in [0.2, 0.25) is 0 Å². The molecular weight excluding hydrogens is 581 g/mol.